The predicted molar refractivity (Wildman–Crippen MR) is 109 cm³/mol. The van der Waals surface area contributed by atoms with Gasteiger partial charge in [-0.15, -0.1) is 0 Å². The molecule has 0 rings (SSSR count). The van der Waals surface area contributed by atoms with E-state index in [0.717, 1.165) is 12.1 Å². The summed E-state index contributed by atoms with van der Waals surface area (Å²) in [6.45, 7) is 19.0. The molecule has 0 aliphatic carbocycles. The normalized spacial score (nSPS) is 13.7. The van der Waals surface area contributed by atoms with Gasteiger partial charge in [0.1, 0.15) is 0 Å². The van der Waals surface area contributed by atoms with E-state index in [1.807, 2.05) is 19.1 Å². The molecule has 0 bridgehead atoms. The highest BCUT2D eigenvalue weighted by Crippen LogP contribution is 2.24. The Kier molecular flexibility index (Phi) is 10.6. The smallest absolute Gasteiger partial charge is 0.203 e. The summed E-state index contributed by atoms with van der Waals surface area (Å²) in [5.41, 5.74) is 4.83. The Bertz CT molecular complexity index is 544. The van der Waals surface area contributed by atoms with Crippen molar-refractivity contribution >= 4 is 6.71 Å². The van der Waals surface area contributed by atoms with Gasteiger partial charge in [0.25, 0.3) is 0 Å². The van der Waals surface area contributed by atoms with Gasteiger partial charge in [-0.2, -0.15) is 0 Å². The van der Waals surface area contributed by atoms with Crippen LogP contribution in [0.5, 0.6) is 0 Å². The zero-order chi connectivity index (χ0) is 17.8. The van der Waals surface area contributed by atoms with Crippen molar-refractivity contribution in [3.05, 3.63) is 84.1 Å². The molecule has 0 heterocycles. The number of hydrogen-bond donors (Lipinski definition) is 0. The Morgan fingerprint density at radius 2 is 1.87 bits per heavy atom. The average Bonchev–Trinajstić information content (AvgIpc) is 2.56. The maximum atomic E-state index is 4.15. The number of rotatable bonds is 9. The molecular formula is C21H32BN. The third kappa shape index (κ3) is 6.77. The molecule has 0 atom stereocenters. The largest absolute Gasteiger partial charge is 0.346 e. The summed E-state index contributed by atoms with van der Waals surface area (Å²) in [5, 5.41) is 0. The van der Waals surface area contributed by atoms with Crippen LogP contribution in [0, 0.1) is 0 Å². The van der Waals surface area contributed by atoms with Crippen molar-refractivity contribution in [1.29, 1.82) is 0 Å². The van der Waals surface area contributed by atoms with Crippen molar-refractivity contribution in [3.8, 4) is 0 Å². The number of hydrogen-bond acceptors (Lipinski definition) is 1. The Labute approximate surface area is 144 Å². The first-order valence-corrected chi connectivity index (χ1v) is 8.32. The molecule has 23 heavy (non-hydrogen) atoms. The lowest BCUT2D eigenvalue weighted by molar-refractivity contribution is 0.551. The summed E-state index contributed by atoms with van der Waals surface area (Å²) < 4.78 is 0. The van der Waals surface area contributed by atoms with Crippen LogP contribution in [0.25, 0.3) is 0 Å². The van der Waals surface area contributed by atoms with Gasteiger partial charge in [-0.05, 0) is 26.3 Å². The van der Waals surface area contributed by atoms with Crippen molar-refractivity contribution < 1.29 is 0 Å². The second kappa shape index (κ2) is 11.6. The summed E-state index contributed by atoms with van der Waals surface area (Å²) >= 11 is 0. The summed E-state index contributed by atoms with van der Waals surface area (Å²) in [4.78, 5) is 2.14. The molecule has 0 aromatic carbocycles. The van der Waals surface area contributed by atoms with E-state index in [9.17, 15) is 0 Å². The molecular weight excluding hydrogens is 277 g/mol. The van der Waals surface area contributed by atoms with E-state index in [2.05, 4.69) is 83.1 Å². The maximum Gasteiger partial charge on any atom is 0.203 e. The van der Waals surface area contributed by atoms with Gasteiger partial charge in [0, 0.05) is 18.4 Å². The molecule has 0 saturated heterocycles. The van der Waals surface area contributed by atoms with E-state index in [0.29, 0.717) is 6.71 Å². The monoisotopic (exact) mass is 309 g/mol. The lowest BCUT2D eigenvalue weighted by Gasteiger charge is -2.28. The maximum absolute atomic E-state index is 4.15. The van der Waals surface area contributed by atoms with Crippen molar-refractivity contribution in [2.75, 3.05) is 7.05 Å². The van der Waals surface area contributed by atoms with Crippen LogP contribution in [0.1, 0.15) is 34.1 Å². The summed E-state index contributed by atoms with van der Waals surface area (Å²) in [7, 11) is 2.06. The Hall–Kier alpha value is -1.96. The summed E-state index contributed by atoms with van der Waals surface area (Å²) in [6, 6.07) is 0. The van der Waals surface area contributed by atoms with Crippen LogP contribution >= 0.6 is 0 Å². The molecule has 0 aliphatic rings. The number of likely N-dealkylation sites (N-methyl/N-ethyl adjacent to an activating group) is 1. The molecule has 0 radical (unpaired) electrons. The number of allylic oxidation sites excluding steroid dienone is 10. The van der Waals surface area contributed by atoms with Gasteiger partial charge in [-0.1, -0.05) is 87.3 Å². The van der Waals surface area contributed by atoms with E-state index < -0.39 is 0 Å². The highest BCUT2D eigenvalue weighted by molar-refractivity contribution is 6.73. The molecule has 0 aromatic rings. The van der Waals surface area contributed by atoms with Crippen molar-refractivity contribution in [2.45, 2.75) is 40.9 Å². The summed E-state index contributed by atoms with van der Waals surface area (Å²) in [6.07, 6.45) is 17.5. The first-order chi connectivity index (χ1) is 10.9. The van der Waals surface area contributed by atoms with Crippen LogP contribution in [0.15, 0.2) is 84.1 Å². The minimum absolute atomic E-state index is 0.357. The fraction of sp³-hybridized carbons (Fsp3) is 0.333. The van der Waals surface area contributed by atoms with Crippen LogP contribution in [0.4, 0.5) is 0 Å². The number of nitrogens with zero attached hydrogens (tertiary/aromatic N) is 1. The quantitative estimate of drug-likeness (QED) is 0.365. The Morgan fingerprint density at radius 1 is 1.22 bits per heavy atom. The molecule has 1 nitrogen and oxygen atoms in total. The lowest BCUT2D eigenvalue weighted by Crippen LogP contribution is -2.25. The minimum atomic E-state index is 0.357. The molecule has 0 N–H and O–H groups in total. The zero-order valence-corrected chi connectivity index (χ0v) is 15.8. The third-order valence-electron chi connectivity index (χ3n) is 3.91. The van der Waals surface area contributed by atoms with Crippen molar-refractivity contribution in [3.63, 3.8) is 0 Å². The van der Waals surface area contributed by atoms with E-state index in [-0.39, 0.29) is 0 Å². The molecule has 0 aliphatic heterocycles. The van der Waals surface area contributed by atoms with Crippen LogP contribution in [-0.2, 0) is 0 Å². The standard InChI is InChI=1S/C21H32BN/c1-9-13-16-18(5)22(7)20(15-11-3)21(12-4)23(8)19(6)17-14-10-2/h9-10,12-17H,2,6,11H2,1,3-5,7-8H3/b13-9-,17-14-,18-16+,20-15+,21-12+. The van der Waals surface area contributed by atoms with Gasteiger partial charge in [-0.25, -0.2) is 0 Å². The van der Waals surface area contributed by atoms with Gasteiger partial charge in [0.05, 0.1) is 0 Å². The van der Waals surface area contributed by atoms with Crippen LogP contribution in [0.2, 0.25) is 6.82 Å². The second-order valence-corrected chi connectivity index (χ2v) is 5.54. The SMILES string of the molecule is C=C/C=C\C(=C)N(C)C(=C/C)/C(=C\CC)B(C)/C(C)=C/C=C\C. The van der Waals surface area contributed by atoms with Crippen molar-refractivity contribution in [2.24, 2.45) is 0 Å². The minimum Gasteiger partial charge on any atom is -0.346 e. The van der Waals surface area contributed by atoms with E-state index in [4.69, 9.17) is 0 Å². The fourth-order valence-electron chi connectivity index (χ4n) is 2.36. The van der Waals surface area contributed by atoms with Crippen LogP contribution in [0.3, 0.4) is 0 Å². The Balaban J connectivity index is 5.65. The van der Waals surface area contributed by atoms with Gasteiger partial charge in [0.15, 0.2) is 0 Å². The van der Waals surface area contributed by atoms with E-state index in [1.165, 1.54) is 16.6 Å². The molecule has 0 saturated carbocycles. The van der Waals surface area contributed by atoms with Crippen LogP contribution in [-0.4, -0.2) is 18.7 Å². The van der Waals surface area contributed by atoms with Gasteiger partial charge < -0.3 is 4.90 Å². The van der Waals surface area contributed by atoms with Gasteiger partial charge in [-0.3, -0.25) is 0 Å². The second-order valence-electron chi connectivity index (χ2n) is 5.54. The lowest BCUT2D eigenvalue weighted by atomic mass is 9.40. The fourth-order valence-corrected chi connectivity index (χ4v) is 2.36. The molecule has 0 spiro atoms. The van der Waals surface area contributed by atoms with Crippen LogP contribution < -0.4 is 0 Å². The molecule has 2 heteroatoms. The third-order valence-corrected chi connectivity index (χ3v) is 3.91. The molecule has 0 aromatic heterocycles. The highest BCUT2D eigenvalue weighted by Gasteiger charge is 2.20. The first-order valence-electron chi connectivity index (χ1n) is 8.32. The van der Waals surface area contributed by atoms with Crippen molar-refractivity contribution in [1.82, 2.24) is 4.90 Å². The summed E-state index contributed by atoms with van der Waals surface area (Å²) in [5.74, 6) is 0. The molecule has 0 amide bonds. The predicted octanol–water partition coefficient (Wildman–Crippen LogP) is 6.14. The molecule has 0 unspecified atom stereocenters. The van der Waals surface area contributed by atoms with E-state index >= 15 is 0 Å². The average molecular weight is 309 g/mol. The first kappa shape index (κ1) is 21.0. The zero-order valence-electron chi connectivity index (χ0n) is 15.8. The van der Waals surface area contributed by atoms with Gasteiger partial charge in [0.2, 0.25) is 6.71 Å². The molecule has 124 valence electrons. The van der Waals surface area contributed by atoms with E-state index in [1.54, 1.807) is 6.08 Å². The Morgan fingerprint density at radius 3 is 2.35 bits per heavy atom. The van der Waals surface area contributed by atoms with Gasteiger partial charge >= 0.3 is 0 Å². The molecule has 0 fully saturated rings. The topological polar surface area (TPSA) is 3.24 Å². The highest BCUT2D eigenvalue weighted by atomic mass is 15.1.